The van der Waals surface area contributed by atoms with Crippen LogP contribution in [0.4, 0.5) is 0 Å². The molecule has 5 heteroatoms. The fraction of sp³-hybridized carbons (Fsp3) is 0.333. The largest absolute Gasteiger partial charge is 0.369 e. The average Bonchev–Trinajstić information content (AvgIpc) is 2.26. The van der Waals surface area contributed by atoms with Crippen molar-refractivity contribution in [3.8, 4) is 0 Å². The second-order valence-corrected chi connectivity index (χ2v) is 4.71. The zero-order valence-electron chi connectivity index (χ0n) is 9.73. The lowest BCUT2D eigenvalue weighted by molar-refractivity contribution is -0.118. The highest BCUT2D eigenvalue weighted by atomic mass is 32.2. The molecule has 2 amide bonds. The van der Waals surface area contributed by atoms with Gasteiger partial charge in [0.05, 0.1) is 11.5 Å². The van der Waals surface area contributed by atoms with Crippen molar-refractivity contribution in [1.29, 1.82) is 0 Å². The third kappa shape index (κ3) is 5.97. The lowest BCUT2D eigenvalue weighted by Gasteiger charge is -2.05. The molecule has 0 saturated carbocycles. The molecule has 0 bridgehead atoms. The SMILES string of the molecule is Cc1cccc(CNC(=O)CSCC(N)=O)c1. The van der Waals surface area contributed by atoms with Crippen LogP contribution in [0, 0.1) is 6.92 Å². The summed E-state index contributed by atoms with van der Waals surface area (Å²) < 4.78 is 0. The number of rotatable bonds is 6. The molecule has 3 N–H and O–H groups in total. The number of aryl methyl sites for hydroxylation is 1. The lowest BCUT2D eigenvalue weighted by atomic mass is 10.1. The highest BCUT2D eigenvalue weighted by Crippen LogP contribution is 2.03. The summed E-state index contributed by atoms with van der Waals surface area (Å²) in [4.78, 5) is 21.9. The molecule has 0 spiro atoms. The number of hydrogen-bond donors (Lipinski definition) is 2. The summed E-state index contributed by atoms with van der Waals surface area (Å²) in [5.74, 6) is -0.0497. The summed E-state index contributed by atoms with van der Waals surface area (Å²) in [6, 6.07) is 7.95. The van der Waals surface area contributed by atoms with Crippen molar-refractivity contribution in [3.05, 3.63) is 35.4 Å². The van der Waals surface area contributed by atoms with Crippen LogP contribution in [0.15, 0.2) is 24.3 Å². The number of thioether (sulfide) groups is 1. The number of carbonyl (C=O) groups excluding carboxylic acids is 2. The minimum atomic E-state index is -0.401. The Labute approximate surface area is 105 Å². The zero-order chi connectivity index (χ0) is 12.7. The Morgan fingerprint density at radius 2 is 2.12 bits per heavy atom. The number of amides is 2. The zero-order valence-corrected chi connectivity index (χ0v) is 10.5. The predicted molar refractivity (Wildman–Crippen MR) is 69.5 cm³/mol. The average molecular weight is 252 g/mol. The van der Waals surface area contributed by atoms with Crippen LogP contribution in [-0.2, 0) is 16.1 Å². The fourth-order valence-electron chi connectivity index (χ4n) is 1.32. The molecule has 0 saturated heterocycles. The van der Waals surface area contributed by atoms with Crippen molar-refractivity contribution in [2.24, 2.45) is 5.73 Å². The first-order valence-electron chi connectivity index (χ1n) is 5.26. The first-order valence-corrected chi connectivity index (χ1v) is 6.41. The van der Waals surface area contributed by atoms with E-state index in [-0.39, 0.29) is 17.4 Å². The molecular formula is C12H16N2O2S. The second kappa shape index (κ2) is 6.96. The molecule has 0 heterocycles. The van der Waals surface area contributed by atoms with Gasteiger partial charge in [-0.25, -0.2) is 0 Å². The van der Waals surface area contributed by atoms with Gasteiger partial charge in [0.15, 0.2) is 0 Å². The van der Waals surface area contributed by atoms with Crippen LogP contribution in [0.25, 0.3) is 0 Å². The van der Waals surface area contributed by atoms with Crippen LogP contribution in [0.2, 0.25) is 0 Å². The smallest absolute Gasteiger partial charge is 0.230 e. The van der Waals surface area contributed by atoms with Gasteiger partial charge in [0.1, 0.15) is 0 Å². The number of hydrogen-bond acceptors (Lipinski definition) is 3. The quantitative estimate of drug-likeness (QED) is 0.787. The summed E-state index contributed by atoms with van der Waals surface area (Å²) in [6.45, 7) is 2.52. The van der Waals surface area contributed by atoms with Crippen molar-refractivity contribution in [3.63, 3.8) is 0 Å². The number of nitrogens with one attached hydrogen (secondary N) is 1. The minimum absolute atomic E-state index is 0.0854. The number of benzene rings is 1. The predicted octanol–water partition coefficient (Wildman–Crippen LogP) is 0.830. The highest BCUT2D eigenvalue weighted by molar-refractivity contribution is 8.00. The molecule has 0 aromatic heterocycles. The van der Waals surface area contributed by atoms with Gasteiger partial charge in [-0.1, -0.05) is 29.8 Å². The molecule has 0 aliphatic rings. The molecule has 1 aromatic carbocycles. The molecule has 17 heavy (non-hydrogen) atoms. The Morgan fingerprint density at radius 1 is 1.35 bits per heavy atom. The van der Waals surface area contributed by atoms with Crippen molar-refractivity contribution in [2.75, 3.05) is 11.5 Å². The number of nitrogens with two attached hydrogens (primary N) is 1. The number of primary amides is 1. The van der Waals surface area contributed by atoms with Gasteiger partial charge in [0, 0.05) is 6.54 Å². The van der Waals surface area contributed by atoms with Gasteiger partial charge in [-0.05, 0) is 12.5 Å². The van der Waals surface area contributed by atoms with Crippen molar-refractivity contribution in [2.45, 2.75) is 13.5 Å². The van der Waals surface area contributed by atoms with Crippen LogP contribution in [0.5, 0.6) is 0 Å². The van der Waals surface area contributed by atoms with Crippen molar-refractivity contribution in [1.82, 2.24) is 5.32 Å². The van der Waals surface area contributed by atoms with Crippen LogP contribution in [0.3, 0.4) is 0 Å². The lowest BCUT2D eigenvalue weighted by Crippen LogP contribution is -2.25. The van der Waals surface area contributed by atoms with Crippen molar-refractivity contribution >= 4 is 23.6 Å². The van der Waals surface area contributed by atoms with Gasteiger partial charge in [0.2, 0.25) is 11.8 Å². The maximum Gasteiger partial charge on any atom is 0.230 e. The summed E-state index contributed by atoms with van der Waals surface area (Å²) in [5, 5.41) is 2.79. The first kappa shape index (κ1) is 13.6. The van der Waals surface area contributed by atoms with E-state index in [0.717, 1.165) is 5.56 Å². The van der Waals surface area contributed by atoms with E-state index in [0.29, 0.717) is 6.54 Å². The van der Waals surface area contributed by atoms with Gasteiger partial charge in [-0.15, -0.1) is 11.8 Å². The maximum atomic E-state index is 11.4. The van der Waals surface area contributed by atoms with Crippen LogP contribution >= 0.6 is 11.8 Å². The molecular weight excluding hydrogens is 236 g/mol. The highest BCUT2D eigenvalue weighted by Gasteiger charge is 2.03. The summed E-state index contributed by atoms with van der Waals surface area (Å²) in [6.07, 6.45) is 0. The third-order valence-electron chi connectivity index (χ3n) is 2.05. The molecule has 1 aromatic rings. The summed E-state index contributed by atoms with van der Waals surface area (Å²) >= 11 is 1.22. The van der Waals surface area contributed by atoms with E-state index in [2.05, 4.69) is 5.32 Å². The van der Waals surface area contributed by atoms with E-state index in [1.807, 2.05) is 31.2 Å². The molecule has 92 valence electrons. The van der Waals surface area contributed by atoms with E-state index in [4.69, 9.17) is 5.73 Å². The van der Waals surface area contributed by atoms with E-state index < -0.39 is 5.91 Å². The molecule has 0 unspecified atom stereocenters. The molecule has 0 aliphatic carbocycles. The molecule has 1 rings (SSSR count). The normalized spacial score (nSPS) is 9.94. The summed E-state index contributed by atoms with van der Waals surface area (Å²) in [5.41, 5.74) is 7.20. The molecule has 0 atom stereocenters. The topological polar surface area (TPSA) is 72.2 Å². The van der Waals surface area contributed by atoms with Crippen molar-refractivity contribution < 1.29 is 9.59 Å². The van der Waals surface area contributed by atoms with E-state index in [1.165, 1.54) is 17.3 Å². The second-order valence-electron chi connectivity index (χ2n) is 3.72. The molecule has 0 radical (unpaired) electrons. The Balaban J connectivity index is 2.26. The Bertz CT molecular complexity index is 407. The van der Waals surface area contributed by atoms with Crippen LogP contribution in [0.1, 0.15) is 11.1 Å². The molecule has 0 aliphatic heterocycles. The van der Waals surface area contributed by atoms with Gasteiger partial charge in [-0.2, -0.15) is 0 Å². The molecule has 0 fully saturated rings. The van der Waals surface area contributed by atoms with Gasteiger partial charge in [0.25, 0.3) is 0 Å². The van der Waals surface area contributed by atoms with Gasteiger partial charge >= 0.3 is 0 Å². The van der Waals surface area contributed by atoms with E-state index in [9.17, 15) is 9.59 Å². The van der Waals surface area contributed by atoms with E-state index >= 15 is 0 Å². The minimum Gasteiger partial charge on any atom is -0.369 e. The molecule has 4 nitrogen and oxygen atoms in total. The summed E-state index contributed by atoms with van der Waals surface area (Å²) in [7, 11) is 0. The Hall–Kier alpha value is -1.49. The van der Waals surface area contributed by atoms with Crippen LogP contribution in [-0.4, -0.2) is 23.3 Å². The Kier molecular flexibility index (Phi) is 5.56. The third-order valence-corrected chi connectivity index (χ3v) is 3.00. The standard InChI is InChI=1S/C12H16N2O2S/c1-9-3-2-4-10(5-9)6-14-12(16)8-17-7-11(13)15/h2-5H,6-8H2,1H3,(H2,13,15)(H,14,16). The maximum absolute atomic E-state index is 11.4. The van der Waals surface area contributed by atoms with Gasteiger partial charge in [-0.3, -0.25) is 9.59 Å². The first-order chi connectivity index (χ1) is 8.08. The van der Waals surface area contributed by atoms with Gasteiger partial charge < -0.3 is 11.1 Å². The Morgan fingerprint density at radius 3 is 2.76 bits per heavy atom. The monoisotopic (exact) mass is 252 g/mol. The van der Waals surface area contributed by atoms with Crippen LogP contribution < -0.4 is 11.1 Å². The fourth-order valence-corrected chi connectivity index (χ4v) is 1.91. The van der Waals surface area contributed by atoms with E-state index in [1.54, 1.807) is 0 Å². The number of carbonyl (C=O) groups is 2.